The molecule has 0 aromatic heterocycles. The van der Waals surface area contributed by atoms with Crippen molar-refractivity contribution in [1.29, 1.82) is 0 Å². The van der Waals surface area contributed by atoms with Gasteiger partial charge in [-0.05, 0) is 79.1 Å². The van der Waals surface area contributed by atoms with Gasteiger partial charge < -0.3 is 9.21 Å². The van der Waals surface area contributed by atoms with Gasteiger partial charge in [-0.3, -0.25) is 4.79 Å². The maximum absolute atomic E-state index is 15.0. The number of rotatable bonds is 10. The first-order chi connectivity index (χ1) is 19.3. The molecule has 40 heavy (non-hydrogen) atoms. The average molecular weight is 598 g/mol. The summed E-state index contributed by atoms with van der Waals surface area (Å²) >= 11 is 14.3. The van der Waals surface area contributed by atoms with Crippen molar-refractivity contribution >= 4 is 46.7 Å². The van der Waals surface area contributed by atoms with Crippen molar-refractivity contribution in [2.24, 2.45) is 11.3 Å². The molecular weight excluding hydrogens is 562 g/mol. The van der Waals surface area contributed by atoms with E-state index in [1.54, 1.807) is 12.1 Å². The van der Waals surface area contributed by atoms with Crippen molar-refractivity contribution in [1.82, 2.24) is 4.90 Å². The molecule has 2 fully saturated rings. The van der Waals surface area contributed by atoms with Crippen LogP contribution in [0, 0.1) is 17.2 Å². The summed E-state index contributed by atoms with van der Waals surface area (Å²) in [5, 5.41) is 1.33. The van der Waals surface area contributed by atoms with E-state index in [1.807, 2.05) is 65.2 Å². The molecule has 1 amide bonds. The van der Waals surface area contributed by atoms with E-state index in [9.17, 15) is 9.18 Å². The van der Waals surface area contributed by atoms with Crippen LogP contribution in [0.5, 0.6) is 0 Å². The number of carbonyl (C=O) groups excluding carboxylic acids is 1. The standard InChI is InChI=1S/C33H35Cl2FN2OS/c1-4-18-33(2)20-27(24-8-7-9-26(35)19-24)31(23-14-16-25(34)17-15-23)38(32(33)39)30(22-12-13-22)21-37(40-3)29-11-6-5-10-28(29)36/h4-11,14-17,19,22,27,30-31H,1,12-13,18,20-21H2,2-3H3/t27-,30?,31-,33+/m1/s1. The quantitative estimate of drug-likeness (QED) is 0.172. The fraction of sp³-hybridized carbons (Fsp3) is 0.364. The molecule has 5 rings (SSSR count). The largest absolute Gasteiger partial charge is 0.329 e. The first-order valence-electron chi connectivity index (χ1n) is 13.8. The second-order valence-electron chi connectivity index (χ2n) is 11.2. The Morgan fingerprint density at radius 2 is 1.80 bits per heavy atom. The topological polar surface area (TPSA) is 23.6 Å². The minimum absolute atomic E-state index is 0.0000310. The summed E-state index contributed by atoms with van der Waals surface area (Å²) in [6.45, 7) is 6.59. The number of likely N-dealkylation sites (tertiary alicyclic amines) is 1. The predicted molar refractivity (Wildman–Crippen MR) is 167 cm³/mol. The predicted octanol–water partition coefficient (Wildman–Crippen LogP) is 9.34. The third-order valence-electron chi connectivity index (χ3n) is 8.40. The van der Waals surface area contributed by atoms with Crippen molar-refractivity contribution in [2.45, 2.75) is 50.6 Å². The highest BCUT2D eigenvalue weighted by Crippen LogP contribution is 2.54. The Morgan fingerprint density at radius 1 is 1.07 bits per heavy atom. The molecule has 1 heterocycles. The van der Waals surface area contributed by atoms with Crippen LogP contribution in [0.2, 0.25) is 10.0 Å². The molecule has 1 saturated carbocycles. The van der Waals surface area contributed by atoms with Crippen LogP contribution in [-0.4, -0.2) is 29.6 Å². The van der Waals surface area contributed by atoms with Gasteiger partial charge in [0.05, 0.1) is 29.7 Å². The lowest BCUT2D eigenvalue weighted by molar-refractivity contribution is -0.154. The molecule has 210 valence electrons. The van der Waals surface area contributed by atoms with E-state index in [-0.39, 0.29) is 29.7 Å². The summed E-state index contributed by atoms with van der Waals surface area (Å²) in [6, 6.07) is 22.4. The Hall–Kier alpha value is -2.47. The fourth-order valence-corrected chi connectivity index (χ4v) is 7.26. The van der Waals surface area contributed by atoms with Crippen LogP contribution in [0.25, 0.3) is 0 Å². The number of halogens is 3. The Kier molecular flexibility index (Phi) is 8.84. The van der Waals surface area contributed by atoms with Gasteiger partial charge in [-0.2, -0.15) is 0 Å². The van der Waals surface area contributed by atoms with Gasteiger partial charge in [0.25, 0.3) is 0 Å². The highest BCUT2D eigenvalue weighted by molar-refractivity contribution is 7.99. The Bertz CT molecular complexity index is 1360. The van der Waals surface area contributed by atoms with Crippen molar-refractivity contribution in [3.05, 3.63) is 112 Å². The van der Waals surface area contributed by atoms with E-state index in [0.29, 0.717) is 41.0 Å². The summed E-state index contributed by atoms with van der Waals surface area (Å²) in [5.74, 6) is 0.197. The van der Waals surface area contributed by atoms with E-state index in [4.69, 9.17) is 23.2 Å². The second-order valence-corrected chi connectivity index (χ2v) is 12.9. The van der Waals surface area contributed by atoms with Gasteiger partial charge in [-0.15, -0.1) is 6.58 Å². The van der Waals surface area contributed by atoms with Crippen molar-refractivity contribution < 1.29 is 9.18 Å². The number of nitrogens with zero attached hydrogens (tertiary/aromatic N) is 2. The Labute approximate surface area is 251 Å². The van der Waals surface area contributed by atoms with Crippen LogP contribution in [-0.2, 0) is 4.79 Å². The first kappa shape index (κ1) is 29.0. The molecule has 3 aromatic carbocycles. The number of hydrogen-bond donors (Lipinski definition) is 0. The number of para-hydroxylation sites is 1. The minimum Gasteiger partial charge on any atom is -0.329 e. The molecule has 0 N–H and O–H groups in total. The van der Waals surface area contributed by atoms with Gasteiger partial charge in [0, 0.05) is 22.2 Å². The van der Waals surface area contributed by atoms with Crippen LogP contribution >= 0.6 is 35.1 Å². The third kappa shape index (κ3) is 5.93. The average Bonchev–Trinajstić information content (AvgIpc) is 3.78. The normalized spacial score (nSPS) is 23.6. The summed E-state index contributed by atoms with van der Waals surface area (Å²) in [5.41, 5.74) is 2.04. The lowest BCUT2D eigenvalue weighted by Crippen LogP contribution is -2.58. The molecule has 4 atom stereocenters. The maximum Gasteiger partial charge on any atom is 0.229 e. The zero-order valence-corrected chi connectivity index (χ0v) is 25.2. The van der Waals surface area contributed by atoms with Gasteiger partial charge in [-0.1, -0.05) is 84.5 Å². The molecule has 7 heteroatoms. The van der Waals surface area contributed by atoms with Crippen LogP contribution in [0.3, 0.4) is 0 Å². The molecule has 1 saturated heterocycles. The number of hydrogen-bond acceptors (Lipinski definition) is 3. The van der Waals surface area contributed by atoms with Crippen molar-refractivity contribution in [2.75, 3.05) is 17.1 Å². The molecule has 1 unspecified atom stereocenters. The van der Waals surface area contributed by atoms with E-state index in [2.05, 4.69) is 24.5 Å². The molecule has 2 aliphatic rings. The Morgan fingerprint density at radius 3 is 2.42 bits per heavy atom. The molecule has 0 radical (unpaired) electrons. The summed E-state index contributed by atoms with van der Waals surface area (Å²) in [4.78, 5) is 16.8. The minimum atomic E-state index is -0.632. The number of amides is 1. The molecule has 3 aromatic rings. The zero-order chi connectivity index (χ0) is 28.4. The first-order valence-corrected chi connectivity index (χ1v) is 15.7. The number of anilines is 1. The van der Waals surface area contributed by atoms with Crippen molar-refractivity contribution in [3.8, 4) is 0 Å². The van der Waals surface area contributed by atoms with Gasteiger partial charge >= 0.3 is 0 Å². The van der Waals surface area contributed by atoms with Crippen LogP contribution in [0.4, 0.5) is 10.1 Å². The maximum atomic E-state index is 15.0. The monoisotopic (exact) mass is 596 g/mol. The molecule has 1 aliphatic heterocycles. The van der Waals surface area contributed by atoms with Gasteiger partial charge in [0.1, 0.15) is 5.82 Å². The van der Waals surface area contributed by atoms with Crippen LogP contribution in [0.15, 0.2) is 85.5 Å². The number of piperidine rings is 1. The van der Waals surface area contributed by atoms with E-state index in [0.717, 1.165) is 24.0 Å². The number of benzene rings is 3. The van der Waals surface area contributed by atoms with Gasteiger partial charge in [0.2, 0.25) is 5.91 Å². The summed E-state index contributed by atoms with van der Waals surface area (Å²) in [7, 11) is 0. The summed E-state index contributed by atoms with van der Waals surface area (Å²) < 4.78 is 17.0. The highest BCUT2D eigenvalue weighted by Gasteiger charge is 2.53. The SMILES string of the molecule is C=CC[C@@]1(C)C[C@H](c2cccc(Cl)c2)[C@@H](c2ccc(Cl)cc2)N(C(CN(SC)c2ccccc2F)C2CC2)C1=O. The van der Waals surface area contributed by atoms with E-state index < -0.39 is 5.41 Å². The molecule has 0 bridgehead atoms. The summed E-state index contributed by atoms with van der Waals surface area (Å²) in [6.07, 6.45) is 7.14. The van der Waals surface area contributed by atoms with Crippen LogP contribution < -0.4 is 4.31 Å². The van der Waals surface area contributed by atoms with Crippen LogP contribution in [0.1, 0.15) is 55.7 Å². The lowest BCUT2D eigenvalue weighted by Gasteiger charge is -2.53. The van der Waals surface area contributed by atoms with Crippen molar-refractivity contribution in [3.63, 3.8) is 0 Å². The molecular formula is C33H35Cl2FN2OS. The Balaban J connectivity index is 1.66. The third-order valence-corrected chi connectivity index (χ3v) is 9.68. The second kappa shape index (κ2) is 12.2. The van der Waals surface area contributed by atoms with E-state index >= 15 is 0 Å². The van der Waals surface area contributed by atoms with Gasteiger partial charge in [-0.25, -0.2) is 4.39 Å². The number of carbonyl (C=O) groups is 1. The molecule has 3 nitrogen and oxygen atoms in total. The van der Waals surface area contributed by atoms with Gasteiger partial charge in [0.15, 0.2) is 0 Å². The van der Waals surface area contributed by atoms with E-state index in [1.165, 1.54) is 18.0 Å². The lowest BCUT2D eigenvalue weighted by atomic mass is 9.67. The zero-order valence-electron chi connectivity index (χ0n) is 22.9. The smallest absolute Gasteiger partial charge is 0.229 e. The molecule has 0 spiro atoms. The molecule has 1 aliphatic carbocycles. The fourth-order valence-electron chi connectivity index (χ4n) is 6.29. The number of allylic oxidation sites excluding steroid dienone is 1. The highest BCUT2D eigenvalue weighted by atomic mass is 35.5.